The number of nitrogens with one attached hydrogen (secondary N) is 1. The molecule has 1 aromatic carbocycles. The lowest BCUT2D eigenvalue weighted by molar-refractivity contribution is 0.350. The van der Waals surface area contributed by atoms with Crippen LogP contribution in [0, 0.1) is 9.77 Å². The summed E-state index contributed by atoms with van der Waals surface area (Å²) < 4.78 is 44.7. The maximum absolute atomic E-state index is 14.3. The van der Waals surface area contributed by atoms with Gasteiger partial charge in [-0.25, -0.2) is 17.8 Å². The predicted molar refractivity (Wildman–Crippen MR) is 100 cm³/mol. The highest BCUT2D eigenvalue weighted by Gasteiger charge is 2.15. The van der Waals surface area contributed by atoms with E-state index in [1.807, 2.05) is 9.36 Å². The fourth-order valence-electron chi connectivity index (χ4n) is 2.46. The molecule has 1 aliphatic heterocycles. The Balaban J connectivity index is 2.11. The van der Waals surface area contributed by atoms with Crippen LogP contribution in [0.4, 0.5) is 15.8 Å². The van der Waals surface area contributed by atoms with E-state index in [-0.39, 0.29) is 22.2 Å². The van der Waals surface area contributed by atoms with Gasteiger partial charge in [-0.2, -0.15) is 0 Å². The molecule has 0 saturated carbocycles. The number of rotatable bonds is 4. The van der Waals surface area contributed by atoms with Gasteiger partial charge < -0.3 is 0 Å². The Kier molecular flexibility index (Phi) is 5.33. The van der Waals surface area contributed by atoms with Crippen molar-refractivity contribution in [2.45, 2.75) is 32.9 Å². The zero-order chi connectivity index (χ0) is 18.2. The number of hydrogen-bond acceptors (Lipinski definition) is 5. The Morgan fingerprint density at radius 2 is 2.04 bits per heavy atom. The molecule has 0 saturated heterocycles. The first-order chi connectivity index (χ1) is 11.8. The van der Waals surface area contributed by atoms with Crippen LogP contribution >= 0.6 is 35.2 Å². The molecule has 0 radical (unpaired) electrons. The summed E-state index contributed by atoms with van der Waals surface area (Å²) in [6.07, 6.45) is 2.05. The molecule has 0 fully saturated rings. The third-order valence-electron chi connectivity index (χ3n) is 3.79. The second-order valence-electron chi connectivity index (χ2n) is 5.50. The number of anilines is 1. The van der Waals surface area contributed by atoms with Gasteiger partial charge in [0.05, 0.1) is 16.5 Å². The maximum atomic E-state index is 14.3. The van der Waals surface area contributed by atoms with Crippen LogP contribution in [0.1, 0.15) is 19.8 Å². The van der Waals surface area contributed by atoms with Crippen molar-refractivity contribution in [2.24, 2.45) is 4.99 Å². The van der Waals surface area contributed by atoms with Crippen LogP contribution in [0.5, 0.6) is 0 Å². The summed E-state index contributed by atoms with van der Waals surface area (Å²) in [5.41, 5.74) is 0.112. The first kappa shape index (κ1) is 18.6. The van der Waals surface area contributed by atoms with E-state index in [1.165, 1.54) is 24.3 Å². The number of nitrogens with zero attached hydrogens (tertiary/aromatic N) is 3. The lowest BCUT2D eigenvalue weighted by Gasteiger charge is -2.16. The highest BCUT2D eigenvalue weighted by atomic mass is 35.5. The lowest BCUT2D eigenvalue weighted by Crippen LogP contribution is -2.27. The summed E-state index contributed by atoms with van der Waals surface area (Å²) in [4.78, 5) is 4.94. The van der Waals surface area contributed by atoms with Crippen molar-refractivity contribution in [3.05, 3.63) is 31.7 Å². The summed E-state index contributed by atoms with van der Waals surface area (Å²) in [5, 5.41) is -0.0207. The molecule has 1 N–H and O–H groups in total. The van der Waals surface area contributed by atoms with Gasteiger partial charge in [0, 0.05) is 13.1 Å². The topological polar surface area (TPSA) is 68.4 Å². The number of halogens is 2. The number of aromatic nitrogens is 2. The van der Waals surface area contributed by atoms with E-state index in [4.69, 9.17) is 23.8 Å². The molecule has 136 valence electrons. The zero-order valence-corrected chi connectivity index (χ0v) is 16.5. The van der Waals surface area contributed by atoms with Crippen LogP contribution in [0.25, 0.3) is 0 Å². The average molecular weight is 423 g/mol. The van der Waals surface area contributed by atoms with Gasteiger partial charge in [0.1, 0.15) is 5.69 Å². The van der Waals surface area contributed by atoms with Crippen LogP contribution < -0.4 is 9.52 Å². The Bertz CT molecular complexity index is 1040. The Morgan fingerprint density at radius 1 is 1.36 bits per heavy atom. The zero-order valence-electron chi connectivity index (χ0n) is 13.3. The fourth-order valence-corrected chi connectivity index (χ4v) is 4.67. The third kappa shape index (κ3) is 3.97. The van der Waals surface area contributed by atoms with Gasteiger partial charge in [-0.05, 0) is 44.1 Å². The smallest absolute Gasteiger partial charge is 0.232 e. The highest BCUT2D eigenvalue weighted by Crippen LogP contribution is 2.30. The average Bonchev–Trinajstić information content (AvgIpc) is 2.88. The number of benzene rings is 1. The molecule has 0 amide bonds. The van der Waals surface area contributed by atoms with Gasteiger partial charge in [0.15, 0.2) is 9.77 Å². The van der Waals surface area contributed by atoms with Crippen molar-refractivity contribution >= 4 is 56.6 Å². The van der Waals surface area contributed by atoms with E-state index in [9.17, 15) is 12.8 Å². The van der Waals surface area contributed by atoms with Crippen molar-refractivity contribution in [3.63, 3.8) is 0 Å². The Hall–Kier alpha value is -1.23. The molecule has 0 atom stereocenters. The summed E-state index contributed by atoms with van der Waals surface area (Å²) >= 11 is 12.6. The van der Waals surface area contributed by atoms with Crippen molar-refractivity contribution in [3.8, 4) is 0 Å². The van der Waals surface area contributed by atoms with Crippen LogP contribution in [0.3, 0.4) is 0 Å². The van der Waals surface area contributed by atoms with E-state index in [0.717, 1.165) is 32.0 Å². The maximum Gasteiger partial charge on any atom is 0.232 e. The highest BCUT2D eigenvalue weighted by molar-refractivity contribution is 7.92. The van der Waals surface area contributed by atoms with Gasteiger partial charge in [-0.1, -0.05) is 22.9 Å². The minimum Gasteiger partial charge on any atom is -0.282 e. The third-order valence-corrected chi connectivity index (χ3v) is 6.72. The molecule has 2 heterocycles. The van der Waals surface area contributed by atoms with Crippen molar-refractivity contribution in [1.82, 2.24) is 9.36 Å². The van der Waals surface area contributed by atoms with Crippen molar-refractivity contribution < 1.29 is 12.8 Å². The summed E-state index contributed by atoms with van der Waals surface area (Å²) in [5.74, 6) is -0.740. The lowest BCUT2D eigenvalue weighted by atomic mass is 10.2. The quantitative estimate of drug-likeness (QED) is 0.764. The summed E-state index contributed by atoms with van der Waals surface area (Å²) in [6.45, 7) is 3.08. The Labute approximate surface area is 158 Å². The van der Waals surface area contributed by atoms with E-state index < -0.39 is 15.8 Å². The largest absolute Gasteiger partial charge is 0.282 e. The molecule has 1 aliphatic rings. The number of hydrogen-bond donors (Lipinski definition) is 1. The molecule has 2 aromatic rings. The molecule has 0 aliphatic carbocycles. The molecule has 0 unspecified atom stereocenters. The first-order valence-corrected chi connectivity index (χ1v) is 10.9. The van der Waals surface area contributed by atoms with Crippen LogP contribution in [0.15, 0.2) is 17.1 Å². The van der Waals surface area contributed by atoms with Crippen LogP contribution in [-0.2, 0) is 23.1 Å². The van der Waals surface area contributed by atoms with Gasteiger partial charge in [0.2, 0.25) is 14.8 Å². The number of sulfonamides is 1. The SMILES string of the molecule is CCS(=O)(=O)Nc1cc(/N=c2/sc(=S)n3n2CCCC3)c(F)cc1Cl. The van der Waals surface area contributed by atoms with Gasteiger partial charge >= 0.3 is 0 Å². The second kappa shape index (κ2) is 7.18. The fraction of sp³-hybridized carbons (Fsp3) is 0.429. The molecule has 25 heavy (non-hydrogen) atoms. The summed E-state index contributed by atoms with van der Waals surface area (Å²) in [6, 6.07) is 2.36. The van der Waals surface area contributed by atoms with E-state index in [1.54, 1.807) is 0 Å². The standard InChI is InChI=1S/C14H16ClFN4O2S3/c1-2-25(21,22)18-11-8-12(10(16)7-9(11)15)17-13-19-5-3-4-6-20(19)14(23)24-13/h7-8,18H,2-6H2,1H3/b17-13+. The van der Waals surface area contributed by atoms with E-state index in [2.05, 4.69) is 9.71 Å². The van der Waals surface area contributed by atoms with Crippen molar-refractivity contribution in [1.29, 1.82) is 0 Å². The molecule has 6 nitrogen and oxygen atoms in total. The summed E-state index contributed by atoms with van der Waals surface area (Å²) in [7, 11) is -3.53. The molecule has 3 rings (SSSR count). The minimum atomic E-state index is -3.53. The molecule has 11 heteroatoms. The molecule has 0 bridgehead atoms. The molecular formula is C14H16ClFN4O2S3. The predicted octanol–water partition coefficient (Wildman–Crippen LogP) is 3.66. The van der Waals surface area contributed by atoms with Crippen molar-refractivity contribution in [2.75, 3.05) is 10.5 Å². The van der Waals surface area contributed by atoms with Gasteiger partial charge in [-0.3, -0.25) is 14.1 Å². The van der Waals surface area contributed by atoms with E-state index in [0.29, 0.717) is 8.76 Å². The molecular weight excluding hydrogens is 407 g/mol. The monoisotopic (exact) mass is 422 g/mol. The second-order valence-corrected chi connectivity index (χ2v) is 9.52. The first-order valence-electron chi connectivity index (χ1n) is 7.66. The van der Waals surface area contributed by atoms with Gasteiger partial charge in [0.25, 0.3) is 0 Å². The van der Waals surface area contributed by atoms with Crippen LogP contribution in [0.2, 0.25) is 5.02 Å². The molecule has 0 spiro atoms. The molecule has 1 aromatic heterocycles. The van der Waals surface area contributed by atoms with E-state index >= 15 is 0 Å². The van der Waals surface area contributed by atoms with Crippen LogP contribution in [-0.4, -0.2) is 23.5 Å². The van der Waals surface area contributed by atoms with Gasteiger partial charge in [-0.15, -0.1) is 0 Å². The number of fused-ring (bicyclic) bond motifs is 1. The normalized spacial score (nSPS) is 15.2. The Morgan fingerprint density at radius 3 is 2.72 bits per heavy atom. The minimum absolute atomic E-state index is 0.0101.